The molecule has 2 fully saturated rings. The van der Waals surface area contributed by atoms with Gasteiger partial charge in [-0.1, -0.05) is 6.92 Å². The van der Waals surface area contributed by atoms with Crippen LogP contribution in [0.25, 0.3) is 0 Å². The van der Waals surface area contributed by atoms with Crippen LogP contribution in [0.3, 0.4) is 0 Å². The highest BCUT2D eigenvalue weighted by Gasteiger charge is 2.32. The second kappa shape index (κ2) is 7.43. The van der Waals surface area contributed by atoms with Gasteiger partial charge < -0.3 is 14.8 Å². The molecule has 2 aliphatic heterocycles. The molecule has 4 heteroatoms. The lowest BCUT2D eigenvalue weighted by atomic mass is 9.98. The van der Waals surface area contributed by atoms with E-state index in [2.05, 4.69) is 17.1 Å². The van der Waals surface area contributed by atoms with E-state index in [1.54, 1.807) is 0 Å². The third-order valence-electron chi connectivity index (χ3n) is 4.26. The summed E-state index contributed by atoms with van der Waals surface area (Å²) in [5, 5.41) is 3.69. The summed E-state index contributed by atoms with van der Waals surface area (Å²) in [5.41, 5.74) is 0. The summed E-state index contributed by atoms with van der Waals surface area (Å²) in [6.07, 6.45) is 5.14. The molecule has 0 aromatic carbocycles. The van der Waals surface area contributed by atoms with Gasteiger partial charge in [-0.3, -0.25) is 4.90 Å². The van der Waals surface area contributed by atoms with Crippen LogP contribution in [0, 0.1) is 0 Å². The summed E-state index contributed by atoms with van der Waals surface area (Å²) in [4.78, 5) is 2.60. The highest BCUT2D eigenvalue weighted by Crippen LogP contribution is 2.20. The van der Waals surface area contributed by atoms with Gasteiger partial charge in [0.05, 0.1) is 12.7 Å². The van der Waals surface area contributed by atoms with E-state index in [0.717, 1.165) is 52.1 Å². The normalized spacial score (nSPS) is 31.7. The van der Waals surface area contributed by atoms with Gasteiger partial charge in [0.15, 0.2) is 0 Å². The maximum atomic E-state index is 5.69. The summed E-state index contributed by atoms with van der Waals surface area (Å²) >= 11 is 0. The summed E-state index contributed by atoms with van der Waals surface area (Å²) in [6, 6.07) is 1.17. The van der Waals surface area contributed by atoms with E-state index >= 15 is 0 Å². The molecule has 2 aliphatic rings. The first-order valence-electron chi connectivity index (χ1n) is 7.43. The van der Waals surface area contributed by atoms with Crippen molar-refractivity contribution >= 4 is 0 Å². The van der Waals surface area contributed by atoms with Crippen LogP contribution in [0.15, 0.2) is 0 Å². The monoisotopic (exact) mass is 256 g/mol. The second-order valence-corrected chi connectivity index (χ2v) is 5.46. The van der Waals surface area contributed by atoms with Crippen LogP contribution in [0.1, 0.15) is 32.6 Å². The van der Waals surface area contributed by atoms with Gasteiger partial charge in [0.25, 0.3) is 0 Å². The van der Waals surface area contributed by atoms with Crippen molar-refractivity contribution in [2.75, 3.05) is 40.0 Å². The van der Waals surface area contributed by atoms with E-state index in [-0.39, 0.29) is 0 Å². The molecule has 18 heavy (non-hydrogen) atoms. The molecular formula is C14H28N2O2. The van der Waals surface area contributed by atoms with Crippen molar-refractivity contribution in [3.05, 3.63) is 0 Å². The van der Waals surface area contributed by atoms with Crippen LogP contribution in [-0.2, 0) is 9.47 Å². The Morgan fingerprint density at radius 3 is 2.72 bits per heavy atom. The maximum Gasteiger partial charge on any atom is 0.0637 e. The average Bonchev–Trinajstić information content (AvgIpc) is 2.45. The predicted molar refractivity (Wildman–Crippen MR) is 72.9 cm³/mol. The van der Waals surface area contributed by atoms with Crippen molar-refractivity contribution in [1.82, 2.24) is 10.2 Å². The average molecular weight is 256 g/mol. The van der Waals surface area contributed by atoms with E-state index < -0.39 is 0 Å². The van der Waals surface area contributed by atoms with Crippen molar-refractivity contribution < 1.29 is 9.47 Å². The number of nitrogens with one attached hydrogen (secondary N) is 1. The highest BCUT2D eigenvalue weighted by atomic mass is 16.5. The topological polar surface area (TPSA) is 33.7 Å². The fraction of sp³-hybridized carbons (Fsp3) is 1.00. The number of methoxy groups -OCH3 is 1. The molecule has 2 atom stereocenters. The lowest BCUT2D eigenvalue weighted by Crippen LogP contribution is -2.57. The summed E-state index contributed by atoms with van der Waals surface area (Å²) in [5.74, 6) is 0. The first-order valence-corrected chi connectivity index (χ1v) is 7.43. The molecule has 2 heterocycles. The minimum atomic E-state index is 0.466. The molecule has 0 bridgehead atoms. The quantitative estimate of drug-likeness (QED) is 0.803. The van der Waals surface area contributed by atoms with Crippen molar-refractivity contribution in [3.8, 4) is 0 Å². The first-order chi connectivity index (χ1) is 8.85. The van der Waals surface area contributed by atoms with Gasteiger partial charge >= 0.3 is 0 Å². The smallest absolute Gasteiger partial charge is 0.0637 e. The zero-order chi connectivity index (χ0) is 12.8. The number of likely N-dealkylation sites (tertiary alicyclic amines) is 1. The van der Waals surface area contributed by atoms with Crippen LogP contribution in [-0.4, -0.2) is 63.0 Å². The lowest BCUT2D eigenvalue weighted by Gasteiger charge is -2.43. The van der Waals surface area contributed by atoms with Crippen LogP contribution in [0.2, 0.25) is 0 Å². The van der Waals surface area contributed by atoms with Gasteiger partial charge in [0.2, 0.25) is 0 Å². The fourth-order valence-corrected chi connectivity index (χ4v) is 3.09. The van der Waals surface area contributed by atoms with Gasteiger partial charge in [-0.05, 0) is 32.2 Å². The molecule has 4 nitrogen and oxygen atoms in total. The molecule has 2 rings (SSSR count). The zero-order valence-corrected chi connectivity index (χ0v) is 11.9. The number of hydrogen-bond donors (Lipinski definition) is 1. The first kappa shape index (κ1) is 14.3. The Hall–Kier alpha value is -0.160. The molecular weight excluding hydrogens is 228 g/mol. The van der Waals surface area contributed by atoms with Gasteiger partial charge in [0, 0.05) is 38.9 Å². The van der Waals surface area contributed by atoms with Crippen LogP contribution in [0.4, 0.5) is 0 Å². The molecule has 0 aromatic heterocycles. The van der Waals surface area contributed by atoms with E-state index in [0.29, 0.717) is 18.2 Å². The highest BCUT2D eigenvalue weighted by molar-refractivity contribution is 4.89. The van der Waals surface area contributed by atoms with Crippen molar-refractivity contribution in [1.29, 1.82) is 0 Å². The standard InChI is InChI=1S/C14H28N2O2/c1-3-7-15-13-6-10-18-11-14(13)16-8-4-12(17-2)5-9-16/h12-15H,3-11H2,1-2H3. The lowest BCUT2D eigenvalue weighted by molar-refractivity contribution is -0.0326. The van der Waals surface area contributed by atoms with Crippen LogP contribution < -0.4 is 5.32 Å². The van der Waals surface area contributed by atoms with E-state index in [1.165, 1.54) is 6.42 Å². The molecule has 0 amide bonds. The van der Waals surface area contributed by atoms with Crippen molar-refractivity contribution in [3.63, 3.8) is 0 Å². The van der Waals surface area contributed by atoms with Crippen molar-refractivity contribution in [2.45, 2.75) is 50.8 Å². The van der Waals surface area contributed by atoms with Crippen molar-refractivity contribution in [2.24, 2.45) is 0 Å². The Balaban J connectivity index is 1.84. The number of hydrogen-bond acceptors (Lipinski definition) is 4. The Morgan fingerprint density at radius 2 is 2.06 bits per heavy atom. The van der Waals surface area contributed by atoms with Crippen LogP contribution in [0.5, 0.6) is 0 Å². The predicted octanol–water partition coefficient (Wildman–Crippen LogP) is 1.25. The van der Waals surface area contributed by atoms with Gasteiger partial charge in [0.1, 0.15) is 0 Å². The third kappa shape index (κ3) is 3.67. The Labute approximate surface area is 111 Å². The molecule has 2 unspecified atom stereocenters. The molecule has 0 aromatic rings. The zero-order valence-electron chi connectivity index (χ0n) is 11.9. The minimum absolute atomic E-state index is 0.466. The number of ether oxygens (including phenoxy) is 2. The molecule has 0 aliphatic carbocycles. The Kier molecular flexibility index (Phi) is 5.89. The molecule has 0 saturated carbocycles. The molecule has 106 valence electrons. The summed E-state index contributed by atoms with van der Waals surface area (Å²) in [7, 11) is 1.83. The minimum Gasteiger partial charge on any atom is -0.381 e. The molecule has 1 N–H and O–H groups in total. The summed E-state index contributed by atoms with van der Waals surface area (Å²) in [6.45, 7) is 7.44. The fourth-order valence-electron chi connectivity index (χ4n) is 3.09. The largest absolute Gasteiger partial charge is 0.381 e. The van der Waals surface area contributed by atoms with Gasteiger partial charge in [-0.2, -0.15) is 0 Å². The number of piperidine rings is 1. The third-order valence-corrected chi connectivity index (χ3v) is 4.26. The Morgan fingerprint density at radius 1 is 1.28 bits per heavy atom. The van der Waals surface area contributed by atoms with E-state index in [1.807, 2.05) is 7.11 Å². The summed E-state index contributed by atoms with van der Waals surface area (Å²) < 4.78 is 11.1. The van der Waals surface area contributed by atoms with Gasteiger partial charge in [-0.15, -0.1) is 0 Å². The Bertz CT molecular complexity index is 230. The van der Waals surface area contributed by atoms with E-state index in [9.17, 15) is 0 Å². The molecule has 0 radical (unpaired) electrons. The van der Waals surface area contributed by atoms with Gasteiger partial charge in [-0.25, -0.2) is 0 Å². The second-order valence-electron chi connectivity index (χ2n) is 5.46. The SMILES string of the molecule is CCCNC1CCOCC1N1CCC(OC)CC1. The van der Waals surface area contributed by atoms with Crippen LogP contribution >= 0.6 is 0 Å². The number of rotatable bonds is 5. The van der Waals surface area contributed by atoms with E-state index in [4.69, 9.17) is 9.47 Å². The number of nitrogens with zero attached hydrogens (tertiary/aromatic N) is 1. The molecule has 0 spiro atoms. The maximum absolute atomic E-state index is 5.69. The molecule has 2 saturated heterocycles.